The van der Waals surface area contributed by atoms with E-state index in [-0.39, 0.29) is 5.78 Å². The molecule has 3 aromatic rings. The Morgan fingerprint density at radius 1 is 1.12 bits per heavy atom. The summed E-state index contributed by atoms with van der Waals surface area (Å²) < 4.78 is 30.7. The van der Waals surface area contributed by atoms with Gasteiger partial charge in [0, 0.05) is 17.5 Å². The SMILES string of the molecule is Cc1nc2ccccc2c(C)c1C(=O)OCC(=O)c1ccc2c(c1)CCCN2S(C)(=O)=O. The van der Waals surface area contributed by atoms with Gasteiger partial charge in [0.2, 0.25) is 10.0 Å². The molecule has 0 unspecified atom stereocenters. The molecule has 0 radical (unpaired) electrons. The van der Waals surface area contributed by atoms with Crippen LogP contribution in [0.2, 0.25) is 0 Å². The summed E-state index contributed by atoms with van der Waals surface area (Å²) in [5.41, 5.74) is 4.26. The molecular formula is C24H24N2O5S. The molecule has 0 atom stereocenters. The van der Waals surface area contributed by atoms with Gasteiger partial charge in [-0.15, -0.1) is 0 Å². The maximum Gasteiger partial charge on any atom is 0.340 e. The van der Waals surface area contributed by atoms with Gasteiger partial charge in [-0.05, 0) is 62.1 Å². The van der Waals surface area contributed by atoms with Gasteiger partial charge in [0.25, 0.3) is 0 Å². The third-order valence-corrected chi connectivity index (χ3v) is 6.93. The lowest BCUT2D eigenvalue weighted by atomic mass is 9.99. The van der Waals surface area contributed by atoms with Crippen molar-refractivity contribution < 1.29 is 22.7 Å². The second kappa shape index (κ2) is 8.35. The number of carbonyl (C=O) groups is 2. The van der Waals surface area contributed by atoms with Crippen molar-refractivity contribution in [3.63, 3.8) is 0 Å². The minimum atomic E-state index is -3.38. The Bertz CT molecular complexity index is 1350. The van der Waals surface area contributed by atoms with Crippen LogP contribution in [0.25, 0.3) is 10.9 Å². The molecule has 7 nitrogen and oxygen atoms in total. The van der Waals surface area contributed by atoms with Gasteiger partial charge in [-0.1, -0.05) is 18.2 Å². The Labute approximate surface area is 187 Å². The van der Waals surface area contributed by atoms with Gasteiger partial charge in [-0.3, -0.25) is 14.1 Å². The molecule has 1 aliphatic heterocycles. The molecule has 0 N–H and O–H groups in total. The van der Waals surface area contributed by atoms with Gasteiger partial charge in [-0.25, -0.2) is 13.2 Å². The molecule has 0 aliphatic carbocycles. The van der Waals surface area contributed by atoms with E-state index in [9.17, 15) is 18.0 Å². The lowest BCUT2D eigenvalue weighted by molar-refractivity contribution is 0.0473. The third-order valence-electron chi connectivity index (χ3n) is 5.75. The van der Waals surface area contributed by atoms with Crippen LogP contribution in [0.5, 0.6) is 0 Å². The summed E-state index contributed by atoms with van der Waals surface area (Å²) in [6.45, 7) is 3.61. The molecule has 0 spiro atoms. The van der Waals surface area contributed by atoms with E-state index in [2.05, 4.69) is 4.98 Å². The quantitative estimate of drug-likeness (QED) is 0.434. The van der Waals surface area contributed by atoms with E-state index in [4.69, 9.17) is 4.74 Å². The van der Waals surface area contributed by atoms with Crippen molar-refractivity contribution in [3.8, 4) is 0 Å². The molecule has 4 rings (SSSR count). The average molecular weight is 453 g/mol. The number of ketones is 1. The van der Waals surface area contributed by atoms with Crippen LogP contribution in [0.3, 0.4) is 0 Å². The van der Waals surface area contributed by atoms with Crippen molar-refractivity contribution in [1.29, 1.82) is 0 Å². The van der Waals surface area contributed by atoms with Crippen molar-refractivity contribution in [3.05, 3.63) is 70.4 Å². The number of para-hydroxylation sites is 1. The first-order valence-electron chi connectivity index (χ1n) is 10.3. The maximum atomic E-state index is 12.8. The number of rotatable bonds is 5. The average Bonchev–Trinajstić information content (AvgIpc) is 2.76. The summed E-state index contributed by atoms with van der Waals surface area (Å²) in [6, 6.07) is 12.5. The van der Waals surface area contributed by atoms with Gasteiger partial charge in [-0.2, -0.15) is 0 Å². The van der Waals surface area contributed by atoms with Crippen molar-refractivity contribution in [1.82, 2.24) is 4.98 Å². The molecular weight excluding hydrogens is 428 g/mol. The number of aromatic nitrogens is 1. The van der Waals surface area contributed by atoms with Gasteiger partial charge in [0.1, 0.15) is 0 Å². The predicted molar refractivity (Wildman–Crippen MR) is 123 cm³/mol. The molecule has 0 amide bonds. The summed E-state index contributed by atoms with van der Waals surface area (Å²) in [6.07, 6.45) is 2.54. The zero-order chi connectivity index (χ0) is 23.0. The van der Waals surface area contributed by atoms with E-state index in [0.717, 1.165) is 22.0 Å². The molecule has 1 aromatic heterocycles. The predicted octanol–water partition coefficient (Wildman–Crippen LogP) is 3.60. The lowest BCUT2D eigenvalue weighted by Gasteiger charge is -2.29. The van der Waals surface area contributed by atoms with Crippen molar-refractivity contribution in [2.24, 2.45) is 0 Å². The summed E-state index contributed by atoms with van der Waals surface area (Å²) in [4.78, 5) is 29.9. The molecule has 2 aromatic carbocycles. The van der Waals surface area contributed by atoms with Crippen LogP contribution in [0.4, 0.5) is 5.69 Å². The molecule has 0 saturated carbocycles. The van der Waals surface area contributed by atoms with Gasteiger partial charge in [0.05, 0.1) is 28.7 Å². The number of anilines is 1. The summed E-state index contributed by atoms with van der Waals surface area (Å²) in [7, 11) is -3.38. The minimum Gasteiger partial charge on any atom is -0.454 e. The van der Waals surface area contributed by atoms with E-state index in [1.54, 1.807) is 25.1 Å². The van der Waals surface area contributed by atoms with Crippen LogP contribution in [-0.4, -0.2) is 44.6 Å². The zero-order valence-electron chi connectivity index (χ0n) is 18.2. The lowest BCUT2D eigenvalue weighted by Crippen LogP contribution is -2.34. The molecule has 0 fully saturated rings. The standard InChI is InChI=1S/C24H24N2O5S/c1-15-19-8-4-5-9-20(19)25-16(2)23(15)24(28)31-14-22(27)18-10-11-21-17(13-18)7-6-12-26(21)32(3,29)30/h4-5,8-11,13H,6-7,12,14H2,1-3H3. The fraction of sp³-hybridized carbons (Fsp3) is 0.292. The van der Waals surface area contributed by atoms with Crippen LogP contribution >= 0.6 is 0 Å². The van der Waals surface area contributed by atoms with Gasteiger partial charge in [0.15, 0.2) is 12.4 Å². The van der Waals surface area contributed by atoms with Crippen LogP contribution in [0.15, 0.2) is 42.5 Å². The largest absolute Gasteiger partial charge is 0.454 e. The Balaban J connectivity index is 1.52. The Hall–Kier alpha value is -3.26. The first-order valence-corrected chi connectivity index (χ1v) is 12.2. The molecule has 2 heterocycles. The van der Waals surface area contributed by atoms with Crippen LogP contribution in [0, 0.1) is 13.8 Å². The number of sulfonamides is 1. The highest BCUT2D eigenvalue weighted by atomic mass is 32.2. The minimum absolute atomic E-state index is 0.346. The number of nitrogens with zero attached hydrogens (tertiary/aromatic N) is 2. The second-order valence-electron chi connectivity index (χ2n) is 8.00. The van der Waals surface area contributed by atoms with Crippen LogP contribution in [-0.2, 0) is 21.2 Å². The molecule has 0 bridgehead atoms. The summed E-state index contributed by atoms with van der Waals surface area (Å²) in [5, 5.41) is 0.862. The number of Topliss-reactive ketones (excluding diaryl/α,β-unsaturated/α-hetero) is 1. The molecule has 1 aliphatic rings. The van der Waals surface area contributed by atoms with Gasteiger partial charge < -0.3 is 4.74 Å². The smallest absolute Gasteiger partial charge is 0.340 e. The van der Waals surface area contributed by atoms with Gasteiger partial charge >= 0.3 is 5.97 Å². The van der Waals surface area contributed by atoms with Crippen molar-refractivity contribution >= 4 is 38.4 Å². The monoisotopic (exact) mass is 452 g/mol. The normalized spacial score (nSPS) is 13.7. The molecule has 0 saturated heterocycles. The van der Waals surface area contributed by atoms with E-state index >= 15 is 0 Å². The summed E-state index contributed by atoms with van der Waals surface area (Å²) in [5.74, 6) is -0.936. The number of pyridine rings is 1. The van der Waals surface area contributed by atoms with Crippen LogP contribution < -0.4 is 4.31 Å². The van der Waals surface area contributed by atoms with Crippen molar-refractivity contribution in [2.75, 3.05) is 23.7 Å². The van der Waals surface area contributed by atoms with E-state index in [1.165, 1.54) is 10.6 Å². The topological polar surface area (TPSA) is 93.6 Å². The highest BCUT2D eigenvalue weighted by molar-refractivity contribution is 7.92. The van der Waals surface area contributed by atoms with E-state index < -0.39 is 22.6 Å². The molecule has 8 heteroatoms. The Kier molecular flexibility index (Phi) is 5.73. The number of benzene rings is 2. The number of ether oxygens (including phenoxy) is 1. The third kappa shape index (κ3) is 4.10. The zero-order valence-corrected chi connectivity index (χ0v) is 19.0. The van der Waals surface area contributed by atoms with E-state index in [0.29, 0.717) is 41.9 Å². The first-order chi connectivity index (χ1) is 15.2. The fourth-order valence-corrected chi connectivity index (χ4v) is 5.19. The van der Waals surface area contributed by atoms with E-state index in [1.807, 2.05) is 31.2 Å². The molecule has 32 heavy (non-hydrogen) atoms. The maximum absolute atomic E-state index is 12.8. The first kappa shape index (κ1) is 22.0. The number of hydrogen-bond donors (Lipinski definition) is 0. The van der Waals surface area contributed by atoms with Crippen LogP contribution in [0.1, 0.15) is 44.0 Å². The Morgan fingerprint density at radius 2 is 1.88 bits per heavy atom. The Morgan fingerprint density at radius 3 is 2.62 bits per heavy atom. The summed E-state index contributed by atoms with van der Waals surface area (Å²) >= 11 is 0. The fourth-order valence-electron chi connectivity index (χ4n) is 4.20. The second-order valence-corrected chi connectivity index (χ2v) is 9.90. The number of carbonyl (C=O) groups excluding carboxylic acids is 2. The number of aryl methyl sites for hydroxylation is 3. The number of hydrogen-bond acceptors (Lipinski definition) is 6. The molecule has 166 valence electrons. The highest BCUT2D eigenvalue weighted by Crippen LogP contribution is 2.30. The number of esters is 1. The van der Waals surface area contributed by atoms with Crippen molar-refractivity contribution in [2.45, 2.75) is 26.7 Å². The number of fused-ring (bicyclic) bond motifs is 2. The highest BCUT2D eigenvalue weighted by Gasteiger charge is 2.25.